The van der Waals surface area contributed by atoms with Crippen LogP contribution in [0, 0.1) is 0 Å². The van der Waals surface area contributed by atoms with Gasteiger partial charge in [-0.15, -0.1) is 0 Å². The second-order valence-electron chi connectivity index (χ2n) is 2.73. The summed E-state index contributed by atoms with van der Waals surface area (Å²) in [5, 5.41) is 0. The highest BCUT2D eigenvalue weighted by Gasteiger charge is 1.98. The fourth-order valence-electron chi connectivity index (χ4n) is 0.831. The van der Waals surface area contributed by atoms with E-state index in [2.05, 4.69) is 4.18 Å². The van der Waals surface area contributed by atoms with E-state index >= 15 is 0 Å². The molecule has 0 amide bonds. The Morgan fingerprint density at radius 2 is 1.82 bits per heavy atom. The topological polar surface area (TPSA) is 89.9 Å². The van der Waals surface area contributed by atoms with Crippen LogP contribution in [-0.4, -0.2) is 33.0 Å². The van der Waals surface area contributed by atoms with E-state index in [1.54, 1.807) is 31.4 Å². The smallest absolute Gasteiger partial charge is 0.397 e. The minimum atomic E-state index is -4.17. The standard InChI is InChI=1S/C8H8O2.C2H6O4S/c1-10-8-4-2-7(6-9)3-5-8;1-2-6-7(3,4)5/h2-6H,1H3;2H2,1H3,(H,3,4,5). The molecule has 6 nitrogen and oxygen atoms in total. The Labute approximate surface area is 100 Å². The molecule has 0 atom stereocenters. The molecule has 7 heteroatoms. The molecule has 1 N–H and O–H groups in total. The zero-order valence-corrected chi connectivity index (χ0v) is 10.3. The molecule has 0 heterocycles. The number of carbonyl (C=O) groups is 1. The third-order valence-electron chi connectivity index (χ3n) is 1.52. The molecule has 0 fully saturated rings. The van der Waals surface area contributed by atoms with Crippen LogP contribution in [0.15, 0.2) is 24.3 Å². The maximum Gasteiger partial charge on any atom is 0.397 e. The van der Waals surface area contributed by atoms with Crippen LogP contribution < -0.4 is 4.74 Å². The average Bonchev–Trinajstić information content (AvgIpc) is 2.28. The summed E-state index contributed by atoms with van der Waals surface area (Å²) in [6, 6.07) is 6.94. The van der Waals surface area contributed by atoms with Gasteiger partial charge in [0.25, 0.3) is 0 Å². The predicted molar refractivity (Wildman–Crippen MR) is 61.6 cm³/mol. The molecule has 1 aromatic carbocycles. The number of hydrogen-bond donors (Lipinski definition) is 1. The van der Waals surface area contributed by atoms with Crippen LogP contribution in [0.2, 0.25) is 0 Å². The van der Waals surface area contributed by atoms with Crippen LogP contribution in [0.5, 0.6) is 5.75 Å². The zero-order valence-electron chi connectivity index (χ0n) is 9.49. The molecule has 0 unspecified atom stereocenters. The summed E-state index contributed by atoms with van der Waals surface area (Å²) in [5.41, 5.74) is 0.667. The molecule has 0 spiro atoms. The van der Waals surface area contributed by atoms with Crippen molar-refractivity contribution >= 4 is 16.7 Å². The van der Waals surface area contributed by atoms with Crippen LogP contribution in [0.4, 0.5) is 0 Å². The van der Waals surface area contributed by atoms with Crippen molar-refractivity contribution in [2.45, 2.75) is 6.92 Å². The SMILES string of the molecule is CCOS(=O)(=O)O.COc1ccc(C=O)cc1. The van der Waals surface area contributed by atoms with Crippen LogP contribution in [0.25, 0.3) is 0 Å². The number of rotatable bonds is 4. The van der Waals surface area contributed by atoms with Gasteiger partial charge in [0.2, 0.25) is 0 Å². The van der Waals surface area contributed by atoms with Crippen molar-refractivity contribution in [2.75, 3.05) is 13.7 Å². The number of benzene rings is 1. The molecule has 96 valence electrons. The van der Waals surface area contributed by atoms with E-state index in [0.717, 1.165) is 12.0 Å². The van der Waals surface area contributed by atoms with E-state index in [-0.39, 0.29) is 6.61 Å². The minimum Gasteiger partial charge on any atom is -0.497 e. The van der Waals surface area contributed by atoms with Gasteiger partial charge in [0.05, 0.1) is 13.7 Å². The second-order valence-corrected chi connectivity index (χ2v) is 3.82. The van der Waals surface area contributed by atoms with Crippen molar-refractivity contribution in [3.8, 4) is 5.75 Å². The summed E-state index contributed by atoms with van der Waals surface area (Å²) in [4.78, 5) is 10.2. The van der Waals surface area contributed by atoms with Crippen molar-refractivity contribution in [1.82, 2.24) is 0 Å². The van der Waals surface area contributed by atoms with Crippen molar-refractivity contribution in [3.63, 3.8) is 0 Å². The third kappa shape index (κ3) is 8.38. The summed E-state index contributed by atoms with van der Waals surface area (Å²) in [6.07, 6.45) is 0.805. The molecule has 1 aromatic rings. The van der Waals surface area contributed by atoms with Gasteiger partial charge in [0.1, 0.15) is 12.0 Å². The first-order valence-corrected chi connectivity index (χ1v) is 6.00. The first-order chi connectivity index (χ1) is 7.92. The van der Waals surface area contributed by atoms with E-state index in [9.17, 15) is 13.2 Å². The maximum absolute atomic E-state index is 10.2. The van der Waals surface area contributed by atoms with Crippen molar-refractivity contribution in [3.05, 3.63) is 29.8 Å². The Hall–Kier alpha value is -1.44. The van der Waals surface area contributed by atoms with Crippen LogP contribution in [0.3, 0.4) is 0 Å². The molecule has 0 radical (unpaired) electrons. The van der Waals surface area contributed by atoms with Gasteiger partial charge in [0.15, 0.2) is 0 Å². The number of ether oxygens (including phenoxy) is 1. The molecule has 1 rings (SSSR count). The fourth-order valence-corrected chi connectivity index (χ4v) is 1.13. The van der Waals surface area contributed by atoms with Gasteiger partial charge in [-0.2, -0.15) is 8.42 Å². The van der Waals surface area contributed by atoms with Crippen LogP contribution >= 0.6 is 0 Å². The van der Waals surface area contributed by atoms with Crippen molar-refractivity contribution < 1.29 is 26.7 Å². The summed E-state index contributed by atoms with van der Waals surface area (Å²) in [7, 11) is -2.58. The molecule has 0 aliphatic heterocycles. The van der Waals surface area contributed by atoms with Crippen molar-refractivity contribution in [1.29, 1.82) is 0 Å². The highest BCUT2D eigenvalue weighted by molar-refractivity contribution is 7.80. The molecule has 0 aliphatic carbocycles. The summed E-state index contributed by atoms with van der Waals surface area (Å²) >= 11 is 0. The second kappa shape index (κ2) is 7.77. The lowest BCUT2D eigenvalue weighted by Crippen LogP contribution is -2.01. The van der Waals surface area contributed by atoms with Gasteiger partial charge in [-0.3, -0.25) is 9.35 Å². The Morgan fingerprint density at radius 1 is 1.29 bits per heavy atom. The predicted octanol–water partition coefficient (Wildman–Crippen LogP) is 1.33. The van der Waals surface area contributed by atoms with Gasteiger partial charge in [-0.1, -0.05) is 0 Å². The van der Waals surface area contributed by atoms with E-state index in [4.69, 9.17) is 9.29 Å². The van der Waals surface area contributed by atoms with Gasteiger partial charge in [0, 0.05) is 5.56 Å². The van der Waals surface area contributed by atoms with Gasteiger partial charge < -0.3 is 4.74 Å². The monoisotopic (exact) mass is 262 g/mol. The first kappa shape index (κ1) is 15.6. The fraction of sp³-hybridized carbons (Fsp3) is 0.300. The summed E-state index contributed by atoms with van der Waals surface area (Å²) < 4.78 is 35.6. The molecule has 0 aromatic heterocycles. The Kier molecular flexibility index (Phi) is 7.11. The molecule has 0 bridgehead atoms. The molecular formula is C10H14O6S. The lowest BCUT2D eigenvalue weighted by atomic mass is 10.2. The van der Waals surface area contributed by atoms with E-state index in [0.29, 0.717) is 5.56 Å². The maximum atomic E-state index is 10.2. The lowest BCUT2D eigenvalue weighted by Gasteiger charge is -1.96. The van der Waals surface area contributed by atoms with Crippen LogP contribution in [-0.2, 0) is 14.6 Å². The van der Waals surface area contributed by atoms with Gasteiger partial charge in [-0.05, 0) is 31.2 Å². The normalized spacial score (nSPS) is 10.1. The molecular weight excluding hydrogens is 248 g/mol. The number of methoxy groups -OCH3 is 1. The van der Waals surface area contributed by atoms with Crippen molar-refractivity contribution in [2.24, 2.45) is 0 Å². The molecule has 0 saturated heterocycles. The lowest BCUT2D eigenvalue weighted by molar-refractivity contribution is 0.112. The highest BCUT2D eigenvalue weighted by atomic mass is 32.3. The van der Waals surface area contributed by atoms with Crippen LogP contribution in [0.1, 0.15) is 17.3 Å². The van der Waals surface area contributed by atoms with E-state index < -0.39 is 10.4 Å². The minimum absolute atomic E-state index is 0.0289. The molecule has 17 heavy (non-hydrogen) atoms. The molecule has 0 aliphatic rings. The van der Waals surface area contributed by atoms with E-state index in [1.807, 2.05) is 0 Å². The number of hydrogen-bond acceptors (Lipinski definition) is 5. The van der Waals surface area contributed by atoms with Gasteiger partial charge >= 0.3 is 10.4 Å². The Morgan fingerprint density at radius 3 is 2.06 bits per heavy atom. The highest BCUT2D eigenvalue weighted by Crippen LogP contribution is 2.09. The quantitative estimate of drug-likeness (QED) is 0.650. The largest absolute Gasteiger partial charge is 0.497 e. The zero-order chi connectivity index (χ0) is 13.3. The third-order valence-corrected chi connectivity index (χ3v) is 2.05. The summed E-state index contributed by atoms with van der Waals surface area (Å²) in [5.74, 6) is 0.769. The van der Waals surface area contributed by atoms with Gasteiger partial charge in [-0.25, -0.2) is 4.18 Å². The Balaban J connectivity index is 0.000000325. The molecule has 0 saturated carbocycles. The summed E-state index contributed by atoms with van der Waals surface area (Å²) in [6.45, 7) is 1.44. The number of carbonyl (C=O) groups excluding carboxylic acids is 1. The Bertz CT molecular complexity index is 423. The average molecular weight is 262 g/mol. The van der Waals surface area contributed by atoms with E-state index in [1.165, 1.54) is 6.92 Å². The first-order valence-electron chi connectivity index (χ1n) is 4.64. The number of aldehydes is 1.